The number of halogens is 4. The van der Waals surface area contributed by atoms with Crippen LogP contribution in [0.25, 0.3) is 0 Å². The van der Waals surface area contributed by atoms with Crippen LogP contribution in [0.4, 0.5) is 13.2 Å². The summed E-state index contributed by atoms with van der Waals surface area (Å²) in [5.74, 6) is -0.524. The molecule has 1 saturated heterocycles. The molecule has 6 nitrogen and oxygen atoms in total. The zero-order chi connectivity index (χ0) is 24.7. The molecule has 0 spiro atoms. The Hall–Kier alpha value is -2.14. The largest absolute Gasteiger partial charge is 0.417 e. The number of nitrogens with one attached hydrogen (secondary N) is 2. The molecule has 2 aromatic carbocycles. The molecule has 2 fully saturated rings. The number of benzene rings is 2. The Kier molecular flexibility index (Phi) is 6.97. The van der Waals surface area contributed by atoms with Gasteiger partial charge in [0.15, 0.2) is 9.84 Å². The van der Waals surface area contributed by atoms with Gasteiger partial charge in [-0.3, -0.25) is 4.79 Å². The Balaban J connectivity index is 1.61. The second kappa shape index (κ2) is 9.49. The van der Waals surface area contributed by atoms with Crippen molar-refractivity contribution in [2.24, 2.45) is 5.92 Å². The van der Waals surface area contributed by atoms with Gasteiger partial charge in [-0.2, -0.15) is 13.2 Å². The fourth-order valence-electron chi connectivity index (χ4n) is 4.14. The van der Waals surface area contributed by atoms with E-state index in [0.29, 0.717) is 12.0 Å². The fourth-order valence-corrected chi connectivity index (χ4v) is 6.15. The molecule has 3 unspecified atom stereocenters. The maximum atomic E-state index is 13.2. The van der Waals surface area contributed by atoms with E-state index in [1.807, 2.05) is 0 Å². The Morgan fingerprint density at radius 3 is 2.41 bits per heavy atom. The van der Waals surface area contributed by atoms with Crippen molar-refractivity contribution in [3.8, 4) is 0 Å². The van der Waals surface area contributed by atoms with E-state index in [2.05, 4.69) is 10.6 Å². The second-order valence-corrected chi connectivity index (χ2v) is 11.2. The van der Waals surface area contributed by atoms with E-state index in [0.717, 1.165) is 25.0 Å². The highest BCUT2D eigenvalue weighted by atomic mass is 35.5. The molecule has 1 heterocycles. The highest BCUT2D eigenvalue weighted by Gasteiger charge is 2.36. The fraction of sp³-hybridized carbons (Fsp3) is 0.435. The third kappa shape index (κ3) is 5.56. The lowest BCUT2D eigenvalue weighted by molar-refractivity contribution is -0.137. The smallest absolute Gasteiger partial charge is 0.392 e. The van der Waals surface area contributed by atoms with Crippen LogP contribution in [-0.4, -0.2) is 43.9 Å². The number of amides is 1. The van der Waals surface area contributed by atoms with Gasteiger partial charge in [0.1, 0.15) is 0 Å². The van der Waals surface area contributed by atoms with Gasteiger partial charge in [-0.05, 0) is 55.0 Å². The minimum absolute atomic E-state index is 0.0942. The number of carbonyl (C=O) groups is 1. The van der Waals surface area contributed by atoms with E-state index >= 15 is 0 Å². The van der Waals surface area contributed by atoms with Crippen LogP contribution >= 0.6 is 11.6 Å². The number of aliphatic hydroxyl groups excluding tert-OH is 1. The number of alkyl halides is 3. The van der Waals surface area contributed by atoms with E-state index in [9.17, 15) is 31.5 Å². The number of sulfone groups is 1. The number of hydrogen-bond donors (Lipinski definition) is 3. The summed E-state index contributed by atoms with van der Waals surface area (Å²) in [5, 5.41) is 15.1. The van der Waals surface area contributed by atoms with Crippen LogP contribution < -0.4 is 10.6 Å². The molecule has 3 N–H and O–H groups in total. The predicted octanol–water partition coefficient (Wildman–Crippen LogP) is 3.74. The lowest BCUT2D eigenvalue weighted by Gasteiger charge is -2.26. The van der Waals surface area contributed by atoms with Crippen LogP contribution in [0.3, 0.4) is 0 Å². The van der Waals surface area contributed by atoms with Crippen molar-refractivity contribution >= 4 is 27.3 Å². The molecule has 1 amide bonds. The van der Waals surface area contributed by atoms with Crippen molar-refractivity contribution in [3.05, 3.63) is 64.2 Å². The molecule has 0 aromatic heterocycles. The molecule has 0 radical (unpaired) electrons. The summed E-state index contributed by atoms with van der Waals surface area (Å²) in [6.07, 6.45) is -3.27. The quantitative estimate of drug-likeness (QED) is 0.521. The highest BCUT2D eigenvalue weighted by molar-refractivity contribution is 7.91. The van der Waals surface area contributed by atoms with E-state index in [1.165, 1.54) is 18.2 Å². The lowest BCUT2D eigenvalue weighted by Crippen LogP contribution is -2.41. The van der Waals surface area contributed by atoms with Crippen LogP contribution in [0.1, 0.15) is 46.8 Å². The first-order chi connectivity index (χ1) is 16.0. The van der Waals surface area contributed by atoms with E-state index in [1.54, 1.807) is 12.1 Å². The summed E-state index contributed by atoms with van der Waals surface area (Å²) in [6, 6.07) is 8.03. The van der Waals surface area contributed by atoms with Crippen LogP contribution in [-0.2, 0) is 16.0 Å². The monoisotopic (exact) mass is 516 g/mol. The Bertz CT molecular complexity index is 1170. The number of carbonyl (C=O) groups excluding carboxylic acids is 1. The number of aliphatic hydroxyl groups is 1. The van der Waals surface area contributed by atoms with Crippen molar-refractivity contribution in [2.45, 2.75) is 48.5 Å². The summed E-state index contributed by atoms with van der Waals surface area (Å²) >= 11 is 5.91. The zero-order valence-corrected chi connectivity index (χ0v) is 19.6. The van der Waals surface area contributed by atoms with Crippen LogP contribution in [0, 0.1) is 5.92 Å². The first-order valence-electron chi connectivity index (χ1n) is 10.9. The average molecular weight is 517 g/mol. The van der Waals surface area contributed by atoms with E-state index in [4.69, 9.17) is 11.6 Å². The van der Waals surface area contributed by atoms with E-state index in [-0.39, 0.29) is 28.7 Å². The Morgan fingerprint density at radius 1 is 1.18 bits per heavy atom. The second-order valence-electron chi connectivity index (χ2n) is 8.81. The number of rotatable bonds is 7. The van der Waals surface area contributed by atoms with Gasteiger partial charge in [0.2, 0.25) is 0 Å². The van der Waals surface area contributed by atoms with Gasteiger partial charge in [0.05, 0.1) is 38.9 Å². The van der Waals surface area contributed by atoms with Crippen molar-refractivity contribution in [3.63, 3.8) is 0 Å². The number of hydrogen-bond acceptors (Lipinski definition) is 5. The normalized spacial score (nSPS) is 21.9. The van der Waals surface area contributed by atoms with Crippen LogP contribution in [0.2, 0.25) is 5.02 Å². The zero-order valence-electron chi connectivity index (χ0n) is 18.0. The molecular formula is C23H24ClF3N2O4S. The van der Waals surface area contributed by atoms with Gasteiger partial charge in [0, 0.05) is 12.6 Å². The summed E-state index contributed by atoms with van der Waals surface area (Å²) in [7, 11) is -3.42. The molecule has 1 aliphatic carbocycles. The van der Waals surface area contributed by atoms with Gasteiger partial charge >= 0.3 is 6.18 Å². The molecule has 2 aromatic rings. The number of β-amino-alcohol motifs (C(OH)–C–C–N with tert-alkyl or cyclic N) is 1. The third-order valence-corrected chi connectivity index (χ3v) is 8.44. The van der Waals surface area contributed by atoms with Crippen molar-refractivity contribution < 1.29 is 31.5 Å². The standard InChI is InChI=1S/C23H24ClF3N2O4S/c24-20-17(2-1-3-18(20)23(25,26)27)22(31)29-21(19-10-15(30)11-28-19)14-6-8-16(9-7-14)34(32,33)12-13-4-5-13/h1-3,6-9,13,15,19,21,28,30H,4-5,10-12H2,(H,29,31). The molecule has 184 valence electrons. The third-order valence-electron chi connectivity index (χ3n) is 6.13. The first kappa shape index (κ1) is 25.0. The van der Waals surface area contributed by atoms with Crippen molar-refractivity contribution in [1.29, 1.82) is 0 Å². The summed E-state index contributed by atoms with van der Waals surface area (Å²) in [4.78, 5) is 13.1. The molecule has 2 aliphatic rings. The summed E-state index contributed by atoms with van der Waals surface area (Å²) in [6.45, 7) is 0.287. The predicted molar refractivity (Wildman–Crippen MR) is 120 cm³/mol. The average Bonchev–Trinajstić information content (AvgIpc) is 3.47. The minimum Gasteiger partial charge on any atom is -0.392 e. The topological polar surface area (TPSA) is 95.5 Å². The summed E-state index contributed by atoms with van der Waals surface area (Å²) in [5.41, 5.74) is -0.893. The van der Waals surface area contributed by atoms with Gasteiger partial charge < -0.3 is 15.7 Å². The van der Waals surface area contributed by atoms with Gasteiger partial charge in [0.25, 0.3) is 5.91 Å². The van der Waals surface area contributed by atoms with Crippen LogP contribution in [0.5, 0.6) is 0 Å². The van der Waals surface area contributed by atoms with Crippen molar-refractivity contribution in [2.75, 3.05) is 12.3 Å². The molecule has 11 heteroatoms. The van der Waals surface area contributed by atoms with Gasteiger partial charge in [-0.25, -0.2) is 8.42 Å². The van der Waals surface area contributed by atoms with Gasteiger partial charge in [-0.1, -0.05) is 29.8 Å². The molecule has 34 heavy (non-hydrogen) atoms. The Labute approximate surface area is 200 Å². The molecule has 0 bridgehead atoms. The lowest BCUT2D eigenvalue weighted by atomic mass is 9.97. The van der Waals surface area contributed by atoms with Crippen LogP contribution in [0.15, 0.2) is 47.4 Å². The van der Waals surface area contributed by atoms with Gasteiger partial charge in [-0.15, -0.1) is 0 Å². The molecule has 4 rings (SSSR count). The molecular weight excluding hydrogens is 493 g/mol. The molecule has 1 aliphatic heterocycles. The minimum atomic E-state index is -4.72. The molecule has 3 atom stereocenters. The maximum absolute atomic E-state index is 13.2. The highest BCUT2D eigenvalue weighted by Crippen LogP contribution is 2.37. The Morgan fingerprint density at radius 2 is 1.85 bits per heavy atom. The first-order valence-corrected chi connectivity index (χ1v) is 12.9. The molecule has 1 saturated carbocycles. The van der Waals surface area contributed by atoms with Crippen molar-refractivity contribution in [1.82, 2.24) is 10.6 Å². The maximum Gasteiger partial charge on any atom is 0.417 e. The SMILES string of the molecule is O=C(NC(c1ccc(S(=O)(=O)CC2CC2)cc1)C1CC(O)CN1)c1cccc(C(F)(F)F)c1Cl. The van der Waals surface area contributed by atoms with E-state index < -0.39 is 50.7 Å². The summed E-state index contributed by atoms with van der Waals surface area (Å²) < 4.78 is 64.8.